The predicted octanol–water partition coefficient (Wildman–Crippen LogP) is 1.73. The Kier molecular flexibility index (Phi) is 4.73. The number of piperidine rings is 1. The van der Waals surface area contributed by atoms with Gasteiger partial charge < -0.3 is 10.6 Å². The van der Waals surface area contributed by atoms with Crippen LogP contribution in [0.1, 0.15) is 28.8 Å². The number of hydrogen-bond acceptors (Lipinski definition) is 3. The number of hydrogen-bond donors (Lipinski definition) is 1. The van der Waals surface area contributed by atoms with Crippen molar-refractivity contribution < 1.29 is 22.8 Å². The van der Waals surface area contributed by atoms with Gasteiger partial charge in [0.25, 0.3) is 5.91 Å². The molecule has 2 aliphatic heterocycles. The quantitative estimate of drug-likeness (QED) is 0.898. The van der Waals surface area contributed by atoms with Crippen molar-refractivity contribution in [1.29, 1.82) is 0 Å². The van der Waals surface area contributed by atoms with Crippen LogP contribution < -0.4 is 5.73 Å². The lowest BCUT2D eigenvalue weighted by Gasteiger charge is -2.47. The molecule has 0 bridgehead atoms. The van der Waals surface area contributed by atoms with Crippen LogP contribution in [0.3, 0.4) is 0 Å². The number of nitrogens with zero attached hydrogens (tertiary/aromatic N) is 2. The Morgan fingerprint density at radius 1 is 1.04 bits per heavy atom. The van der Waals surface area contributed by atoms with Gasteiger partial charge in [0.2, 0.25) is 5.91 Å². The highest BCUT2D eigenvalue weighted by atomic mass is 19.4. The van der Waals surface area contributed by atoms with E-state index in [2.05, 4.69) is 4.90 Å². The van der Waals surface area contributed by atoms with Crippen LogP contribution in [-0.2, 0) is 11.0 Å². The highest BCUT2D eigenvalue weighted by Gasteiger charge is 2.37. The number of primary amides is 1. The summed E-state index contributed by atoms with van der Waals surface area (Å²) < 4.78 is 37.7. The molecule has 0 aromatic heterocycles. The van der Waals surface area contributed by atoms with Crippen LogP contribution in [0.15, 0.2) is 24.3 Å². The Hall–Kier alpha value is -2.09. The summed E-state index contributed by atoms with van der Waals surface area (Å²) in [5.41, 5.74) is 4.82. The minimum absolute atomic E-state index is 0.0683. The van der Waals surface area contributed by atoms with Gasteiger partial charge in [-0.2, -0.15) is 13.2 Å². The molecule has 0 saturated carbocycles. The van der Waals surface area contributed by atoms with Crippen LogP contribution in [-0.4, -0.2) is 53.8 Å². The van der Waals surface area contributed by atoms with E-state index in [9.17, 15) is 22.8 Å². The summed E-state index contributed by atoms with van der Waals surface area (Å²) in [5.74, 6) is -0.578. The second kappa shape index (κ2) is 6.67. The fraction of sp³-hybridized carbons (Fsp3) is 0.529. The number of carbonyl (C=O) groups excluding carboxylic acids is 2. The van der Waals surface area contributed by atoms with Gasteiger partial charge >= 0.3 is 6.18 Å². The summed E-state index contributed by atoms with van der Waals surface area (Å²) in [6.45, 7) is 2.67. The molecule has 1 aromatic carbocycles. The van der Waals surface area contributed by atoms with Gasteiger partial charge in [-0.1, -0.05) is 0 Å². The fourth-order valence-corrected chi connectivity index (χ4v) is 3.39. The van der Waals surface area contributed by atoms with E-state index in [1.54, 1.807) is 4.90 Å². The average Bonchev–Trinajstić information content (AvgIpc) is 2.53. The molecule has 0 spiro atoms. The third-order valence-corrected chi connectivity index (χ3v) is 5.06. The molecular formula is C17H20F3N3O2. The normalized spacial score (nSPS) is 20.4. The predicted molar refractivity (Wildman–Crippen MR) is 84.6 cm³/mol. The molecule has 0 atom stereocenters. The molecule has 2 heterocycles. The lowest BCUT2D eigenvalue weighted by atomic mass is 9.93. The zero-order valence-corrected chi connectivity index (χ0v) is 13.6. The van der Waals surface area contributed by atoms with Gasteiger partial charge in [-0.25, -0.2) is 0 Å². The lowest BCUT2D eigenvalue weighted by molar-refractivity contribution is -0.137. The molecule has 1 aromatic rings. The molecule has 0 aliphatic carbocycles. The number of nitrogens with two attached hydrogens (primary N) is 1. The molecule has 3 rings (SSSR count). The second-order valence-electron chi connectivity index (χ2n) is 6.65. The summed E-state index contributed by atoms with van der Waals surface area (Å²) >= 11 is 0. The lowest BCUT2D eigenvalue weighted by Crippen LogP contribution is -2.62. The van der Waals surface area contributed by atoms with Crippen molar-refractivity contribution in [2.75, 3.05) is 26.2 Å². The van der Waals surface area contributed by atoms with Crippen molar-refractivity contribution in [2.45, 2.75) is 25.1 Å². The first-order valence-electron chi connectivity index (χ1n) is 8.25. The molecular weight excluding hydrogens is 335 g/mol. The molecule has 0 radical (unpaired) electrons. The van der Waals surface area contributed by atoms with E-state index >= 15 is 0 Å². The number of amides is 2. The first-order chi connectivity index (χ1) is 11.8. The van der Waals surface area contributed by atoms with Gasteiger partial charge in [0, 0.05) is 30.6 Å². The Morgan fingerprint density at radius 3 is 2.08 bits per heavy atom. The molecule has 2 aliphatic rings. The highest BCUT2D eigenvalue weighted by molar-refractivity contribution is 5.94. The van der Waals surface area contributed by atoms with Crippen LogP contribution in [0.4, 0.5) is 13.2 Å². The van der Waals surface area contributed by atoms with Crippen molar-refractivity contribution >= 4 is 11.8 Å². The van der Waals surface area contributed by atoms with Crippen molar-refractivity contribution in [1.82, 2.24) is 9.80 Å². The molecule has 2 amide bonds. The average molecular weight is 355 g/mol. The second-order valence-corrected chi connectivity index (χ2v) is 6.65. The number of alkyl halides is 3. The van der Waals surface area contributed by atoms with Crippen LogP contribution in [0.2, 0.25) is 0 Å². The van der Waals surface area contributed by atoms with Crippen molar-refractivity contribution in [2.24, 2.45) is 11.7 Å². The largest absolute Gasteiger partial charge is 0.416 e. The van der Waals surface area contributed by atoms with Gasteiger partial charge in [-0.05, 0) is 50.2 Å². The Labute approximate surface area is 143 Å². The van der Waals surface area contributed by atoms with Crippen LogP contribution in [0, 0.1) is 5.92 Å². The standard InChI is InChI=1S/C17H20F3N3O2/c18-17(19,20)13-3-1-12(2-4-13)16(25)23-9-14(10-23)22-7-5-11(6-8-22)15(21)24/h1-4,11,14H,5-10H2,(H2,21,24). The van der Waals surface area contributed by atoms with Crippen molar-refractivity contribution in [3.63, 3.8) is 0 Å². The first-order valence-corrected chi connectivity index (χ1v) is 8.25. The SMILES string of the molecule is NC(=O)C1CCN(C2CN(C(=O)c3ccc(C(F)(F)F)cc3)C2)CC1. The Balaban J connectivity index is 1.51. The topological polar surface area (TPSA) is 66.6 Å². The van der Waals surface area contributed by atoms with E-state index in [1.165, 1.54) is 12.1 Å². The maximum atomic E-state index is 12.6. The van der Waals surface area contributed by atoms with Gasteiger partial charge in [-0.15, -0.1) is 0 Å². The number of rotatable bonds is 3. The molecule has 2 fully saturated rings. The molecule has 2 N–H and O–H groups in total. The van der Waals surface area contributed by atoms with Crippen LogP contribution >= 0.6 is 0 Å². The molecule has 8 heteroatoms. The van der Waals surface area contributed by atoms with E-state index in [4.69, 9.17) is 5.73 Å². The number of halogens is 3. The molecule has 2 saturated heterocycles. The summed E-state index contributed by atoms with van der Waals surface area (Å²) in [5, 5.41) is 0. The Morgan fingerprint density at radius 2 is 1.60 bits per heavy atom. The van der Waals surface area contributed by atoms with E-state index in [-0.39, 0.29) is 29.3 Å². The third kappa shape index (κ3) is 3.78. The van der Waals surface area contributed by atoms with Crippen molar-refractivity contribution in [3.05, 3.63) is 35.4 Å². The zero-order valence-electron chi connectivity index (χ0n) is 13.6. The maximum Gasteiger partial charge on any atom is 0.416 e. The monoisotopic (exact) mass is 355 g/mol. The number of carbonyl (C=O) groups is 2. The highest BCUT2D eigenvalue weighted by Crippen LogP contribution is 2.30. The van der Waals surface area contributed by atoms with Crippen LogP contribution in [0.25, 0.3) is 0 Å². The number of likely N-dealkylation sites (tertiary alicyclic amines) is 2. The molecule has 136 valence electrons. The van der Waals surface area contributed by atoms with E-state index in [0.29, 0.717) is 13.1 Å². The van der Waals surface area contributed by atoms with E-state index in [1.807, 2.05) is 0 Å². The zero-order chi connectivity index (χ0) is 18.2. The van der Waals surface area contributed by atoms with Gasteiger partial charge in [0.15, 0.2) is 0 Å². The minimum atomic E-state index is -4.40. The Bertz CT molecular complexity index is 646. The van der Waals surface area contributed by atoms with E-state index in [0.717, 1.165) is 38.1 Å². The minimum Gasteiger partial charge on any atom is -0.369 e. The summed E-state index contributed by atoms with van der Waals surface area (Å²) in [7, 11) is 0. The van der Waals surface area contributed by atoms with Gasteiger partial charge in [0.1, 0.15) is 0 Å². The fourth-order valence-electron chi connectivity index (χ4n) is 3.39. The molecule has 25 heavy (non-hydrogen) atoms. The van der Waals surface area contributed by atoms with Gasteiger partial charge in [0.05, 0.1) is 5.56 Å². The number of benzene rings is 1. The summed E-state index contributed by atoms with van der Waals surface area (Å²) in [6.07, 6.45) is -2.93. The smallest absolute Gasteiger partial charge is 0.369 e. The van der Waals surface area contributed by atoms with Crippen LogP contribution in [0.5, 0.6) is 0 Å². The third-order valence-electron chi connectivity index (χ3n) is 5.06. The summed E-state index contributed by atoms with van der Waals surface area (Å²) in [6, 6.07) is 4.54. The molecule has 0 unspecified atom stereocenters. The van der Waals surface area contributed by atoms with Crippen molar-refractivity contribution in [3.8, 4) is 0 Å². The van der Waals surface area contributed by atoms with Gasteiger partial charge in [-0.3, -0.25) is 14.5 Å². The molecule has 5 nitrogen and oxygen atoms in total. The van der Waals surface area contributed by atoms with E-state index < -0.39 is 11.7 Å². The summed E-state index contributed by atoms with van der Waals surface area (Å²) in [4.78, 5) is 27.4. The first kappa shape index (κ1) is 17.7. The maximum absolute atomic E-state index is 12.6.